The fourth-order valence-corrected chi connectivity index (χ4v) is 1.95. The Morgan fingerprint density at radius 3 is 2.33 bits per heavy atom. The average Bonchev–Trinajstić information content (AvgIpc) is 2.54. The molecule has 7 nitrogen and oxygen atoms in total. The van der Waals surface area contributed by atoms with Gasteiger partial charge in [-0.2, -0.15) is 0 Å². The molecule has 0 saturated carbocycles. The van der Waals surface area contributed by atoms with Gasteiger partial charge in [0, 0.05) is 17.5 Å². The number of nitrogens with one attached hydrogen (secondary N) is 1. The van der Waals surface area contributed by atoms with Crippen LogP contribution in [-0.4, -0.2) is 38.6 Å². The van der Waals surface area contributed by atoms with Crippen LogP contribution in [-0.2, 0) is 11.2 Å². The second kappa shape index (κ2) is 8.33. The molecule has 2 rings (SSSR count). The first kappa shape index (κ1) is 17.8. The maximum atomic E-state index is 11.5. The fourth-order valence-electron chi connectivity index (χ4n) is 1.95. The van der Waals surface area contributed by atoms with Crippen LogP contribution in [0.25, 0.3) is 11.4 Å². The zero-order valence-electron chi connectivity index (χ0n) is 14.3. The van der Waals surface area contributed by atoms with E-state index < -0.39 is 6.09 Å². The molecule has 0 unspecified atom stereocenters. The monoisotopic (exact) mass is 329 g/mol. The number of aryl methyl sites for hydroxylation is 1. The topological polar surface area (TPSA) is 89.9 Å². The number of amides is 1. The zero-order valence-corrected chi connectivity index (χ0v) is 14.3. The lowest BCUT2D eigenvalue weighted by atomic mass is 10.1. The first-order chi connectivity index (χ1) is 11.4. The van der Waals surface area contributed by atoms with Crippen molar-refractivity contribution in [1.82, 2.24) is 25.7 Å². The van der Waals surface area contributed by atoms with E-state index in [9.17, 15) is 4.79 Å². The van der Waals surface area contributed by atoms with Gasteiger partial charge < -0.3 is 10.1 Å². The molecule has 0 bridgehead atoms. The fraction of sp³-hybridized carbons (Fsp3) is 0.471. The molecule has 0 spiro atoms. The van der Waals surface area contributed by atoms with Crippen LogP contribution in [0, 0.1) is 0 Å². The van der Waals surface area contributed by atoms with Crippen molar-refractivity contribution in [2.45, 2.75) is 45.6 Å². The van der Waals surface area contributed by atoms with Gasteiger partial charge in [-0.3, -0.25) is 0 Å². The van der Waals surface area contributed by atoms with Gasteiger partial charge in [0.2, 0.25) is 5.82 Å². The van der Waals surface area contributed by atoms with E-state index in [4.69, 9.17) is 4.74 Å². The van der Waals surface area contributed by atoms with E-state index >= 15 is 0 Å². The predicted octanol–water partition coefficient (Wildman–Crippen LogP) is 2.78. The number of nitrogens with zero attached hydrogens (tertiary/aromatic N) is 4. The molecule has 0 fully saturated rings. The molecule has 2 aromatic rings. The number of benzene rings is 1. The minimum Gasteiger partial charge on any atom is -0.450 e. The normalized spacial score (nSPS) is 11.1. The van der Waals surface area contributed by atoms with E-state index in [-0.39, 0.29) is 5.54 Å². The van der Waals surface area contributed by atoms with Gasteiger partial charge in [0.15, 0.2) is 5.82 Å². The van der Waals surface area contributed by atoms with Gasteiger partial charge in [0.1, 0.15) is 0 Å². The van der Waals surface area contributed by atoms with Crippen molar-refractivity contribution in [2.75, 3.05) is 6.61 Å². The van der Waals surface area contributed by atoms with E-state index in [0.717, 1.165) is 18.4 Å². The minimum absolute atomic E-state index is 0.289. The molecule has 0 atom stereocenters. The van der Waals surface area contributed by atoms with Gasteiger partial charge in [-0.1, -0.05) is 30.3 Å². The zero-order chi connectivity index (χ0) is 17.4. The summed E-state index contributed by atoms with van der Waals surface area (Å²) in [6.45, 7) is 6.09. The largest absolute Gasteiger partial charge is 0.450 e. The lowest BCUT2D eigenvalue weighted by molar-refractivity contribution is 0.135. The first-order valence-electron chi connectivity index (χ1n) is 8.01. The third kappa shape index (κ3) is 6.28. The van der Waals surface area contributed by atoms with Crippen LogP contribution in [0.5, 0.6) is 0 Å². The van der Waals surface area contributed by atoms with Gasteiger partial charge >= 0.3 is 6.09 Å². The molecule has 0 radical (unpaired) electrons. The summed E-state index contributed by atoms with van der Waals surface area (Å²) in [7, 11) is 0. The van der Waals surface area contributed by atoms with Crippen molar-refractivity contribution >= 4 is 6.09 Å². The summed E-state index contributed by atoms with van der Waals surface area (Å²) < 4.78 is 5.11. The molecule has 0 aliphatic heterocycles. The Hall–Kier alpha value is -2.57. The number of hydrogen-bond donors (Lipinski definition) is 1. The van der Waals surface area contributed by atoms with Crippen LogP contribution in [0.1, 0.15) is 39.4 Å². The maximum absolute atomic E-state index is 11.5. The van der Waals surface area contributed by atoms with Crippen molar-refractivity contribution in [3.8, 4) is 11.4 Å². The number of hydrogen-bond acceptors (Lipinski definition) is 6. The van der Waals surface area contributed by atoms with Gasteiger partial charge in [0.25, 0.3) is 0 Å². The molecule has 1 aromatic carbocycles. The van der Waals surface area contributed by atoms with Crippen LogP contribution >= 0.6 is 0 Å². The van der Waals surface area contributed by atoms with E-state index in [0.29, 0.717) is 24.7 Å². The third-order valence-electron chi connectivity index (χ3n) is 3.06. The molecule has 7 heteroatoms. The first-order valence-corrected chi connectivity index (χ1v) is 8.01. The van der Waals surface area contributed by atoms with E-state index in [1.807, 2.05) is 51.1 Å². The molecular weight excluding hydrogens is 306 g/mol. The highest BCUT2D eigenvalue weighted by Gasteiger charge is 2.14. The van der Waals surface area contributed by atoms with Gasteiger partial charge in [-0.25, -0.2) is 4.79 Å². The predicted molar refractivity (Wildman–Crippen MR) is 90.2 cm³/mol. The van der Waals surface area contributed by atoms with Crippen molar-refractivity contribution in [3.05, 3.63) is 36.2 Å². The number of carbonyl (C=O) groups is 1. The number of rotatable bonds is 6. The van der Waals surface area contributed by atoms with Crippen LogP contribution in [0.4, 0.5) is 4.79 Å². The summed E-state index contributed by atoms with van der Waals surface area (Å²) >= 11 is 0. The van der Waals surface area contributed by atoms with Crippen LogP contribution in [0.15, 0.2) is 30.3 Å². The second-order valence-corrected chi connectivity index (χ2v) is 6.47. The van der Waals surface area contributed by atoms with Gasteiger partial charge in [0.05, 0.1) is 6.61 Å². The number of ether oxygens (including phenoxy) is 1. The summed E-state index contributed by atoms with van der Waals surface area (Å²) in [5.74, 6) is 1.11. The lowest BCUT2D eigenvalue weighted by Gasteiger charge is -2.19. The molecule has 24 heavy (non-hydrogen) atoms. The summed E-state index contributed by atoms with van der Waals surface area (Å²) in [6.07, 6.45) is 1.80. The number of carbonyl (C=O) groups excluding carboxylic acids is 1. The Morgan fingerprint density at radius 2 is 1.71 bits per heavy atom. The quantitative estimate of drug-likeness (QED) is 0.820. The molecule has 1 N–H and O–H groups in total. The highest BCUT2D eigenvalue weighted by Crippen LogP contribution is 2.11. The number of aromatic nitrogens is 4. The Morgan fingerprint density at radius 1 is 1.04 bits per heavy atom. The summed E-state index contributed by atoms with van der Waals surface area (Å²) in [4.78, 5) is 11.5. The summed E-state index contributed by atoms with van der Waals surface area (Å²) in [5, 5.41) is 19.1. The summed E-state index contributed by atoms with van der Waals surface area (Å²) in [5.41, 5.74) is 0.602. The van der Waals surface area contributed by atoms with Crippen molar-refractivity contribution < 1.29 is 9.53 Å². The van der Waals surface area contributed by atoms with E-state index in [1.54, 1.807) is 0 Å². The molecule has 128 valence electrons. The lowest BCUT2D eigenvalue weighted by Crippen LogP contribution is -2.41. The van der Waals surface area contributed by atoms with Gasteiger partial charge in [-0.05, 0) is 33.6 Å². The molecule has 1 aromatic heterocycles. The van der Waals surface area contributed by atoms with Crippen molar-refractivity contribution in [1.29, 1.82) is 0 Å². The Bertz CT molecular complexity index is 638. The molecule has 0 aliphatic carbocycles. The Balaban J connectivity index is 1.69. The third-order valence-corrected chi connectivity index (χ3v) is 3.06. The van der Waals surface area contributed by atoms with Crippen molar-refractivity contribution in [2.24, 2.45) is 0 Å². The van der Waals surface area contributed by atoms with E-state index in [2.05, 4.69) is 25.7 Å². The standard InChI is InChI=1S/C17H23N5O2/c1-17(2,3)18-16(23)24-12-8-7-11-14-19-21-15(22-20-14)13-9-5-4-6-10-13/h4-6,9-10H,7-8,11-12H2,1-3H3,(H,18,23). The van der Waals surface area contributed by atoms with Crippen LogP contribution in [0.3, 0.4) is 0 Å². The van der Waals surface area contributed by atoms with E-state index in [1.165, 1.54) is 0 Å². The summed E-state index contributed by atoms with van der Waals surface area (Å²) in [6, 6.07) is 9.60. The van der Waals surface area contributed by atoms with Crippen LogP contribution in [0.2, 0.25) is 0 Å². The van der Waals surface area contributed by atoms with Crippen molar-refractivity contribution in [3.63, 3.8) is 0 Å². The SMILES string of the molecule is CC(C)(C)NC(=O)OCCCCc1nnc(-c2ccccc2)nn1. The second-order valence-electron chi connectivity index (χ2n) is 6.47. The Kier molecular flexibility index (Phi) is 6.17. The molecule has 1 amide bonds. The number of unbranched alkanes of at least 4 members (excludes halogenated alkanes) is 1. The molecule has 0 saturated heterocycles. The smallest absolute Gasteiger partial charge is 0.407 e. The van der Waals surface area contributed by atoms with Gasteiger partial charge in [-0.15, -0.1) is 20.4 Å². The highest BCUT2D eigenvalue weighted by atomic mass is 16.5. The highest BCUT2D eigenvalue weighted by molar-refractivity contribution is 5.67. The average molecular weight is 329 g/mol. The molecular formula is C17H23N5O2. The Labute approximate surface area is 141 Å². The molecule has 0 aliphatic rings. The number of alkyl carbamates (subject to hydrolysis) is 1. The minimum atomic E-state index is -0.394. The maximum Gasteiger partial charge on any atom is 0.407 e. The van der Waals surface area contributed by atoms with Crippen LogP contribution < -0.4 is 5.32 Å². The molecule has 1 heterocycles.